The molecule has 1 heterocycles. The van der Waals surface area contributed by atoms with Gasteiger partial charge in [0.2, 0.25) is 0 Å². The predicted octanol–water partition coefficient (Wildman–Crippen LogP) is 3.24. The standard InChI is InChI=1S/C13H12ClFO3/c1-6-3-8-5-9(13(16)17)11(7(2)15)18-12(8)10(14)4-6/h3-5,7,11H,1-2H3,(H,16,17). The third kappa shape index (κ3) is 2.20. The van der Waals surface area contributed by atoms with Crippen LogP contribution in [-0.2, 0) is 4.79 Å². The molecule has 2 unspecified atom stereocenters. The van der Waals surface area contributed by atoms with Gasteiger partial charge in [0.25, 0.3) is 0 Å². The highest BCUT2D eigenvalue weighted by molar-refractivity contribution is 6.32. The first kappa shape index (κ1) is 12.9. The number of fused-ring (bicyclic) bond motifs is 1. The summed E-state index contributed by atoms with van der Waals surface area (Å²) in [6.07, 6.45) is -1.14. The van der Waals surface area contributed by atoms with Gasteiger partial charge >= 0.3 is 5.97 Å². The van der Waals surface area contributed by atoms with Crippen LogP contribution < -0.4 is 4.74 Å². The molecule has 5 heteroatoms. The van der Waals surface area contributed by atoms with Crippen LogP contribution in [0.5, 0.6) is 5.75 Å². The van der Waals surface area contributed by atoms with E-state index in [2.05, 4.69) is 0 Å². The number of hydrogen-bond donors (Lipinski definition) is 1. The normalized spacial score (nSPS) is 19.6. The van der Waals surface area contributed by atoms with Gasteiger partial charge in [-0.05, 0) is 37.6 Å². The number of alkyl halides is 1. The van der Waals surface area contributed by atoms with E-state index in [0.29, 0.717) is 16.3 Å². The minimum Gasteiger partial charge on any atom is -0.480 e. The van der Waals surface area contributed by atoms with Gasteiger partial charge in [-0.3, -0.25) is 0 Å². The quantitative estimate of drug-likeness (QED) is 0.897. The van der Waals surface area contributed by atoms with Crippen LogP contribution in [-0.4, -0.2) is 23.4 Å². The summed E-state index contributed by atoms with van der Waals surface area (Å²) < 4.78 is 18.8. The Morgan fingerprint density at radius 1 is 1.56 bits per heavy atom. The van der Waals surface area contributed by atoms with Crippen molar-refractivity contribution in [3.63, 3.8) is 0 Å². The molecular formula is C13H12ClFO3. The molecule has 0 radical (unpaired) electrons. The molecule has 0 bridgehead atoms. The molecule has 1 N–H and O–H groups in total. The molecule has 2 atom stereocenters. The first-order valence-electron chi connectivity index (χ1n) is 5.46. The number of carbonyl (C=O) groups is 1. The fraction of sp³-hybridized carbons (Fsp3) is 0.308. The molecule has 0 aliphatic carbocycles. The Morgan fingerprint density at radius 2 is 2.22 bits per heavy atom. The van der Waals surface area contributed by atoms with Crippen molar-refractivity contribution in [2.24, 2.45) is 0 Å². The van der Waals surface area contributed by atoms with Crippen molar-refractivity contribution in [1.29, 1.82) is 0 Å². The number of halogens is 2. The average Bonchev–Trinajstić information content (AvgIpc) is 2.26. The highest BCUT2D eigenvalue weighted by Gasteiger charge is 2.33. The van der Waals surface area contributed by atoms with E-state index in [1.807, 2.05) is 6.92 Å². The lowest BCUT2D eigenvalue weighted by Crippen LogP contribution is -2.34. The third-order valence-electron chi connectivity index (χ3n) is 2.74. The van der Waals surface area contributed by atoms with Crippen molar-refractivity contribution in [2.45, 2.75) is 26.1 Å². The minimum atomic E-state index is -1.43. The van der Waals surface area contributed by atoms with Crippen molar-refractivity contribution in [1.82, 2.24) is 0 Å². The zero-order chi connectivity index (χ0) is 13.4. The predicted molar refractivity (Wildman–Crippen MR) is 66.8 cm³/mol. The van der Waals surface area contributed by atoms with Crippen molar-refractivity contribution >= 4 is 23.6 Å². The maximum absolute atomic E-state index is 13.4. The Kier molecular flexibility index (Phi) is 3.30. The number of carboxylic acids is 1. The van der Waals surface area contributed by atoms with E-state index in [1.54, 1.807) is 12.1 Å². The van der Waals surface area contributed by atoms with E-state index in [9.17, 15) is 9.18 Å². The van der Waals surface area contributed by atoms with Crippen molar-refractivity contribution in [2.75, 3.05) is 0 Å². The summed E-state index contributed by atoms with van der Waals surface area (Å²) in [6, 6.07) is 3.45. The Bertz CT molecular complexity index is 537. The number of ether oxygens (including phenoxy) is 1. The lowest BCUT2D eigenvalue weighted by Gasteiger charge is -2.27. The summed E-state index contributed by atoms with van der Waals surface area (Å²) in [5.41, 5.74) is 1.35. The maximum atomic E-state index is 13.4. The van der Waals surface area contributed by atoms with Gasteiger partial charge in [0.1, 0.15) is 11.9 Å². The summed E-state index contributed by atoms with van der Waals surface area (Å²) in [7, 11) is 0. The molecule has 0 aromatic heterocycles. The highest BCUT2D eigenvalue weighted by atomic mass is 35.5. The molecule has 0 fully saturated rings. The van der Waals surface area contributed by atoms with Gasteiger partial charge in [-0.25, -0.2) is 9.18 Å². The Morgan fingerprint density at radius 3 is 2.78 bits per heavy atom. The summed E-state index contributed by atoms with van der Waals surface area (Å²) in [6.45, 7) is 3.10. The highest BCUT2D eigenvalue weighted by Crippen LogP contribution is 2.38. The average molecular weight is 271 g/mol. The van der Waals surface area contributed by atoms with Gasteiger partial charge in [-0.2, -0.15) is 0 Å². The van der Waals surface area contributed by atoms with E-state index in [-0.39, 0.29) is 5.57 Å². The number of benzene rings is 1. The van der Waals surface area contributed by atoms with Gasteiger partial charge in [0, 0.05) is 5.56 Å². The molecule has 18 heavy (non-hydrogen) atoms. The molecule has 0 saturated heterocycles. The number of carboxylic acid groups (broad SMARTS) is 1. The van der Waals surface area contributed by atoms with E-state index < -0.39 is 18.2 Å². The first-order valence-corrected chi connectivity index (χ1v) is 5.83. The number of aliphatic carboxylic acids is 1. The van der Waals surface area contributed by atoms with Crippen LogP contribution in [0.3, 0.4) is 0 Å². The van der Waals surface area contributed by atoms with E-state index in [4.69, 9.17) is 21.4 Å². The summed E-state index contributed by atoms with van der Waals surface area (Å²) in [5, 5.41) is 9.43. The van der Waals surface area contributed by atoms with E-state index in [0.717, 1.165) is 5.56 Å². The molecule has 1 aliphatic heterocycles. The van der Waals surface area contributed by atoms with Crippen LogP contribution >= 0.6 is 11.6 Å². The molecule has 0 saturated carbocycles. The zero-order valence-corrected chi connectivity index (χ0v) is 10.7. The lowest BCUT2D eigenvalue weighted by molar-refractivity contribution is -0.133. The van der Waals surface area contributed by atoms with E-state index >= 15 is 0 Å². The molecule has 0 spiro atoms. The largest absolute Gasteiger partial charge is 0.480 e. The van der Waals surface area contributed by atoms with Gasteiger partial charge in [0.15, 0.2) is 6.10 Å². The Balaban J connectivity index is 2.58. The zero-order valence-electron chi connectivity index (χ0n) is 9.91. The van der Waals surface area contributed by atoms with Crippen LogP contribution in [0.2, 0.25) is 5.02 Å². The molecule has 3 nitrogen and oxygen atoms in total. The first-order chi connectivity index (χ1) is 8.40. The minimum absolute atomic E-state index is 0.0980. The van der Waals surface area contributed by atoms with Gasteiger partial charge < -0.3 is 9.84 Å². The summed E-state index contributed by atoms with van der Waals surface area (Å²) in [4.78, 5) is 11.1. The third-order valence-corrected chi connectivity index (χ3v) is 3.02. The fourth-order valence-corrected chi connectivity index (χ4v) is 2.28. The Hall–Kier alpha value is -1.55. The van der Waals surface area contributed by atoms with Gasteiger partial charge in [-0.1, -0.05) is 11.6 Å². The van der Waals surface area contributed by atoms with Crippen molar-refractivity contribution in [3.05, 3.63) is 33.9 Å². The molecule has 96 valence electrons. The van der Waals surface area contributed by atoms with Crippen LogP contribution in [0, 0.1) is 6.92 Å². The van der Waals surface area contributed by atoms with Crippen molar-refractivity contribution < 1.29 is 19.0 Å². The fourth-order valence-electron chi connectivity index (χ4n) is 1.95. The Labute approximate surface area is 109 Å². The molecule has 1 aliphatic rings. The lowest BCUT2D eigenvalue weighted by atomic mass is 9.98. The maximum Gasteiger partial charge on any atom is 0.335 e. The molecule has 1 aromatic rings. The van der Waals surface area contributed by atoms with E-state index in [1.165, 1.54) is 13.0 Å². The molecular weight excluding hydrogens is 259 g/mol. The summed E-state index contributed by atoms with van der Waals surface area (Å²) >= 11 is 6.02. The number of hydrogen-bond acceptors (Lipinski definition) is 2. The van der Waals surface area contributed by atoms with Crippen LogP contribution in [0.1, 0.15) is 18.1 Å². The molecule has 2 rings (SSSR count). The van der Waals surface area contributed by atoms with Crippen LogP contribution in [0.25, 0.3) is 6.08 Å². The molecule has 0 amide bonds. The van der Waals surface area contributed by atoms with Crippen LogP contribution in [0.15, 0.2) is 17.7 Å². The summed E-state index contributed by atoms with van der Waals surface area (Å²) in [5.74, 6) is -0.852. The SMILES string of the molecule is Cc1cc(Cl)c2c(c1)C=C(C(=O)O)C(C(C)F)O2. The second kappa shape index (κ2) is 4.61. The smallest absolute Gasteiger partial charge is 0.335 e. The molecule has 1 aromatic carbocycles. The topological polar surface area (TPSA) is 46.5 Å². The number of aryl methyl sites for hydroxylation is 1. The number of rotatable bonds is 2. The van der Waals surface area contributed by atoms with Gasteiger partial charge in [-0.15, -0.1) is 0 Å². The monoisotopic (exact) mass is 270 g/mol. The van der Waals surface area contributed by atoms with Crippen molar-refractivity contribution in [3.8, 4) is 5.75 Å². The second-order valence-corrected chi connectivity index (χ2v) is 4.69. The second-order valence-electron chi connectivity index (χ2n) is 4.29. The van der Waals surface area contributed by atoms with Gasteiger partial charge in [0.05, 0.1) is 10.6 Å². The van der Waals surface area contributed by atoms with Crippen LogP contribution in [0.4, 0.5) is 4.39 Å².